The summed E-state index contributed by atoms with van der Waals surface area (Å²) in [5.74, 6) is 0. The molecule has 7 heteroatoms. The fourth-order valence-corrected chi connectivity index (χ4v) is 3.06. The molecule has 3 rings (SSSR count). The first kappa shape index (κ1) is 17.4. The predicted octanol–water partition coefficient (Wildman–Crippen LogP) is 1.44. The zero-order valence-corrected chi connectivity index (χ0v) is 14.5. The Morgan fingerprint density at radius 3 is 2.92 bits per heavy atom. The largest absolute Gasteiger partial charge is 0.390 e. The first-order valence-corrected chi connectivity index (χ1v) is 8.68. The first-order chi connectivity index (χ1) is 12.1. The minimum Gasteiger partial charge on any atom is -0.390 e. The number of aliphatic hydroxyl groups excluding tert-OH is 1. The lowest BCUT2D eigenvalue weighted by atomic mass is 10.00. The van der Waals surface area contributed by atoms with Gasteiger partial charge in [-0.1, -0.05) is 24.3 Å². The third kappa shape index (κ3) is 4.80. The van der Waals surface area contributed by atoms with E-state index in [4.69, 9.17) is 0 Å². The number of benzene rings is 1. The molecule has 0 spiro atoms. The van der Waals surface area contributed by atoms with Gasteiger partial charge >= 0.3 is 6.03 Å². The molecule has 1 aromatic heterocycles. The van der Waals surface area contributed by atoms with Crippen LogP contribution in [0.15, 0.2) is 36.7 Å². The number of rotatable bonds is 6. The maximum atomic E-state index is 11.9. The molecule has 1 atom stereocenters. The Balaban J connectivity index is 1.41. The molecule has 134 valence electrons. The topological polar surface area (TPSA) is 82.4 Å². The molecule has 0 saturated carbocycles. The molecule has 1 aromatic carbocycles. The molecule has 2 aromatic rings. The van der Waals surface area contributed by atoms with Gasteiger partial charge < -0.3 is 15.7 Å². The second-order valence-corrected chi connectivity index (χ2v) is 6.33. The molecule has 0 bridgehead atoms. The smallest absolute Gasteiger partial charge is 0.319 e. The number of urea groups is 1. The first-order valence-electron chi connectivity index (χ1n) is 8.68. The summed E-state index contributed by atoms with van der Waals surface area (Å²) in [6, 6.07) is 8.08. The van der Waals surface area contributed by atoms with Crippen molar-refractivity contribution >= 4 is 11.7 Å². The average Bonchev–Trinajstić information content (AvgIpc) is 3.07. The molecule has 2 amide bonds. The Labute approximate surface area is 147 Å². The van der Waals surface area contributed by atoms with E-state index in [2.05, 4.69) is 38.8 Å². The summed E-state index contributed by atoms with van der Waals surface area (Å²) in [7, 11) is 0. The number of aromatic nitrogens is 2. The molecule has 0 saturated heterocycles. The predicted molar refractivity (Wildman–Crippen MR) is 96.4 cm³/mol. The Hall–Kier alpha value is -2.38. The Kier molecular flexibility index (Phi) is 5.67. The normalized spacial score (nSPS) is 15.4. The standard InChI is InChI=1S/C18H25N5O2/c1-2-23-12-16(9-20-23)21-18(25)19-10-17(24)13-22-8-7-14-5-3-4-6-15(14)11-22/h3-6,9,12,17,24H,2,7-8,10-11,13H2,1H3,(H2,19,21,25)/t17-/m1/s1. The molecule has 1 aliphatic rings. The van der Waals surface area contributed by atoms with Crippen molar-refractivity contribution in [3.63, 3.8) is 0 Å². The highest BCUT2D eigenvalue weighted by molar-refractivity contribution is 5.88. The van der Waals surface area contributed by atoms with Gasteiger partial charge in [-0.2, -0.15) is 5.10 Å². The molecule has 7 nitrogen and oxygen atoms in total. The van der Waals surface area contributed by atoms with E-state index in [1.54, 1.807) is 17.1 Å². The van der Waals surface area contributed by atoms with Gasteiger partial charge in [0.05, 0.1) is 18.0 Å². The Morgan fingerprint density at radius 1 is 1.36 bits per heavy atom. The molecular formula is C18H25N5O2. The summed E-state index contributed by atoms with van der Waals surface area (Å²) in [6.45, 7) is 5.26. The van der Waals surface area contributed by atoms with Crippen LogP contribution in [0.2, 0.25) is 0 Å². The number of fused-ring (bicyclic) bond motifs is 1. The Morgan fingerprint density at radius 2 is 2.16 bits per heavy atom. The number of aliphatic hydroxyl groups is 1. The van der Waals surface area contributed by atoms with Crippen LogP contribution in [0, 0.1) is 0 Å². The number of hydrogen-bond donors (Lipinski definition) is 3. The van der Waals surface area contributed by atoms with Crippen LogP contribution in [-0.4, -0.2) is 51.6 Å². The quantitative estimate of drug-likeness (QED) is 0.741. The number of anilines is 1. The van der Waals surface area contributed by atoms with Crippen LogP contribution in [-0.2, 0) is 19.5 Å². The van der Waals surface area contributed by atoms with Crippen molar-refractivity contribution in [1.29, 1.82) is 0 Å². The zero-order valence-electron chi connectivity index (χ0n) is 14.5. The van der Waals surface area contributed by atoms with Gasteiger partial charge in [-0.25, -0.2) is 4.79 Å². The van der Waals surface area contributed by atoms with Crippen molar-refractivity contribution < 1.29 is 9.90 Å². The van der Waals surface area contributed by atoms with Crippen molar-refractivity contribution in [2.75, 3.05) is 25.0 Å². The monoisotopic (exact) mass is 343 g/mol. The lowest BCUT2D eigenvalue weighted by Crippen LogP contribution is -2.42. The van der Waals surface area contributed by atoms with Gasteiger partial charge in [-0.05, 0) is 24.5 Å². The molecule has 0 unspecified atom stereocenters. The zero-order chi connectivity index (χ0) is 17.6. The molecule has 3 N–H and O–H groups in total. The molecule has 0 radical (unpaired) electrons. The van der Waals surface area contributed by atoms with Crippen molar-refractivity contribution in [1.82, 2.24) is 20.0 Å². The molecule has 1 aliphatic heterocycles. The van der Waals surface area contributed by atoms with E-state index in [0.29, 0.717) is 12.2 Å². The molecular weight excluding hydrogens is 318 g/mol. The van der Waals surface area contributed by atoms with Gasteiger partial charge in [0.25, 0.3) is 0 Å². The van der Waals surface area contributed by atoms with Gasteiger partial charge in [-0.15, -0.1) is 0 Å². The van der Waals surface area contributed by atoms with Gasteiger partial charge in [0.1, 0.15) is 0 Å². The number of nitrogens with zero attached hydrogens (tertiary/aromatic N) is 3. The fourth-order valence-electron chi connectivity index (χ4n) is 3.06. The van der Waals surface area contributed by atoms with Crippen LogP contribution >= 0.6 is 0 Å². The number of carbonyl (C=O) groups excluding carboxylic acids is 1. The van der Waals surface area contributed by atoms with Crippen molar-refractivity contribution in [2.45, 2.75) is 32.5 Å². The Bertz CT molecular complexity index is 715. The van der Waals surface area contributed by atoms with Gasteiger partial charge in [0, 0.05) is 38.9 Å². The fraction of sp³-hybridized carbons (Fsp3) is 0.444. The number of aryl methyl sites for hydroxylation is 1. The number of amides is 2. The summed E-state index contributed by atoms with van der Waals surface area (Å²) in [5.41, 5.74) is 3.35. The summed E-state index contributed by atoms with van der Waals surface area (Å²) in [6.07, 6.45) is 3.76. The molecule has 2 heterocycles. The van der Waals surface area contributed by atoms with Gasteiger partial charge in [-0.3, -0.25) is 9.58 Å². The third-order valence-electron chi connectivity index (χ3n) is 4.39. The second kappa shape index (κ2) is 8.13. The summed E-state index contributed by atoms with van der Waals surface area (Å²) < 4.78 is 1.73. The molecule has 0 fully saturated rings. The summed E-state index contributed by atoms with van der Waals surface area (Å²) >= 11 is 0. The minimum atomic E-state index is -0.602. The average molecular weight is 343 g/mol. The van der Waals surface area contributed by atoms with E-state index in [1.165, 1.54) is 11.1 Å². The lowest BCUT2D eigenvalue weighted by molar-refractivity contribution is 0.106. The van der Waals surface area contributed by atoms with Crippen LogP contribution in [0.1, 0.15) is 18.1 Å². The van der Waals surface area contributed by atoms with E-state index in [-0.39, 0.29) is 12.6 Å². The third-order valence-corrected chi connectivity index (χ3v) is 4.39. The van der Waals surface area contributed by atoms with Crippen LogP contribution in [0.25, 0.3) is 0 Å². The number of nitrogens with one attached hydrogen (secondary N) is 2. The van der Waals surface area contributed by atoms with Crippen molar-refractivity contribution in [3.05, 3.63) is 47.8 Å². The maximum absolute atomic E-state index is 11.9. The van der Waals surface area contributed by atoms with Crippen molar-refractivity contribution in [2.24, 2.45) is 0 Å². The highest BCUT2D eigenvalue weighted by Gasteiger charge is 2.18. The van der Waals surface area contributed by atoms with Crippen LogP contribution < -0.4 is 10.6 Å². The van der Waals surface area contributed by atoms with Crippen LogP contribution in [0.3, 0.4) is 0 Å². The number of β-amino-alcohol motifs (C(OH)–C–C–N with tert-alkyl or cyclic N) is 1. The van der Waals surface area contributed by atoms with Gasteiger partial charge in [0.15, 0.2) is 0 Å². The summed E-state index contributed by atoms with van der Waals surface area (Å²) in [4.78, 5) is 14.1. The van der Waals surface area contributed by atoms with Gasteiger partial charge in [0.2, 0.25) is 0 Å². The SMILES string of the molecule is CCn1cc(NC(=O)NC[C@@H](O)CN2CCc3ccccc3C2)cn1. The minimum absolute atomic E-state index is 0.214. The highest BCUT2D eigenvalue weighted by Crippen LogP contribution is 2.18. The number of hydrogen-bond acceptors (Lipinski definition) is 4. The molecule has 0 aliphatic carbocycles. The van der Waals surface area contributed by atoms with Crippen molar-refractivity contribution in [3.8, 4) is 0 Å². The van der Waals surface area contributed by atoms with E-state index in [1.807, 2.05) is 13.0 Å². The van der Waals surface area contributed by atoms with Crippen LogP contribution in [0.5, 0.6) is 0 Å². The number of carbonyl (C=O) groups is 1. The van der Waals surface area contributed by atoms with Crippen LogP contribution in [0.4, 0.5) is 10.5 Å². The lowest BCUT2D eigenvalue weighted by Gasteiger charge is -2.30. The maximum Gasteiger partial charge on any atom is 0.319 e. The summed E-state index contributed by atoms with van der Waals surface area (Å²) in [5, 5.41) is 19.7. The van der Waals surface area contributed by atoms with E-state index >= 15 is 0 Å². The van der Waals surface area contributed by atoms with E-state index < -0.39 is 6.10 Å². The van der Waals surface area contributed by atoms with E-state index in [9.17, 15) is 9.90 Å². The van der Waals surface area contributed by atoms with E-state index in [0.717, 1.165) is 26.1 Å². The highest BCUT2D eigenvalue weighted by atomic mass is 16.3. The molecule has 25 heavy (non-hydrogen) atoms. The second-order valence-electron chi connectivity index (χ2n) is 6.33.